The number of benzene rings is 2. The van der Waals surface area contributed by atoms with E-state index in [1.807, 2.05) is 50.8 Å². The van der Waals surface area contributed by atoms with E-state index in [4.69, 9.17) is 26.1 Å². The molecule has 2 saturated heterocycles. The number of piperidine rings is 1. The van der Waals surface area contributed by atoms with Gasteiger partial charge in [-0.3, -0.25) is 9.88 Å². The van der Waals surface area contributed by atoms with Crippen LogP contribution >= 0.6 is 11.6 Å². The lowest BCUT2D eigenvalue weighted by Gasteiger charge is -2.49. The standard InChI is InChI=1S/C36H44ClFN4O3/c1-5-44-33-11-7-6-10-27(33)30-14-13-28-31(39-30)23-40(22-26-9-8-18-42(26)34(43)45-35(2,3)4)24-36(28)16-19-41(20-17-36)32-15-12-25(38)21-29(32)37/h6-7,10-15,21,26H,5,8-9,16-20,22-24H2,1-4H3/t26-/m1/s1. The lowest BCUT2D eigenvalue weighted by atomic mass is 9.69. The zero-order valence-electron chi connectivity index (χ0n) is 26.8. The van der Waals surface area contributed by atoms with Crippen LogP contribution in [0.4, 0.5) is 14.9 Å². The van der Waals surface area contributed by atoms with E-state index in [0.29, 0.717) is 18.2 Å². The monoisotopic (exact) mass is 634 g/mol. The van der Waals surface area contributed by atoms with Crippen molar-refractivity contribution in [3.8, 4) is 17.0 Å². The molecule has 0 aliphatic carbocycles. The van der Waals surface area contributed by atoms with Crippen molar-refractivity contribution >= 4 is 23.4 Å². The van der Waals surface area contributed by atoms with Crippen molar-refractivity contribution in [1.29, 1.82) is 0 Å². The molecule has 240 valence electrons. The number of amides is 1. The maximum absolute atomic E-state index is 13.8. The summed E-state index contributed by atoms with van der Waals surface area (Å²) in [6, 6.07) is 17.2. The Kier molecular flexibility index (Phi) is 8.99. The van der Waals surface area contributed by atoms with Crippen molar-refractivity contribution in [2.45, 2.75) is 77.0 Å². The second-order valence-corrected chi connectivity index (χ2v) is 14.0. The van der Waals surface area contributed by atoms with Gasteiger partial charge in [0.2, 0.25) is 0 Å². The second kappa shape index (κ2) is 12.8. The third-order valence-corrected chi connectivity index (χ3v) is 9.66. The molecule has 45 heavy (non-hydrogen) atoms. The van der Waals surface area contributed by atoms with Gasteiger partial charge in [0, 0.05) is 56.3 Å². The van der Waals surface area contributed by atoms with Crippen LogP contribution in [0.5, 0.6) is 5.75 Å². The van der Waals surface area contributed by atoms with E-state index in [2.05, 4.69) is 28.0 Å². The summed E-state index contributed by atoms with van der Waals surface area (Å²) in [5.74, 6) is 0.507. The molecule has 2 aromatic carbocycles. The molecule has 0 saturated carbocycles. The topological polar surface area (TPSA) is 58.1 Å². The Bertz CT molecular complexity index is 1530. The minimum absolute atomic E-state index is 0.0958. The molecule has 1 spiro atoms. The SMILES string of the molecule is CCOc1ccccc1-c1ccc2c(n1)CN(C[C@H]1CCCN1C(=O)OC(C)(C)C)CC21CCN(c2ccc(F)cc2Cl)CC1. The highest BCUT2D eigenvalue weighted by atomic mass is 35.5. The highest BCUT2D eigenvalue weighted by molar-refractivity contribution is 6.33. The van der Waals surface area contributed by atoms with Gasteiger partial charge in [0.25, 0.3) is 0 Å². The smallest absolute Gasteiger partial charge is 0.410 e. The van der Waals surface area contributed by atoms with Gasteiger partial charge in [-0.25, -0.2) is 9.18 Å². The van der Waals surface area contributed by atoms with Crippen LogP contribution in [0.2, 0.25) is 5.02 Å². The summed E-state index contributed by atoms with van der Waals surface area (Å²) in [4.78, 5) is 25.1. The van der Waals surface area contributed by atoms with Gasteiger partial charge in [-0.1, -0.05) is 29.8 Å². The van der Waals surface area contributed by atoms with Crippen LogP contribution < -0.4 is 9.64 Å². The predicted octanol–water partition coefficient (Wildman–Crippen LogP) is 7.69. The number of rotatable bonds is 6. The van der Waals surface area contributed by atoms with E-state index >= 15 is 0 Å². The van der Waals surface area contributed by atoms with E-state index in [9.17, 15) is 9.18 Å². The number of ether oxygens (including phenoxy) is 2. The van der Waals surface area contributed by atoms with E-state index in [-0.39, 0.29) is 23.4 Å². The molecule has 3 aliphatic rings. The molecule has 1 aromatic heterocycles. The van der Waals surface area contributed by atoms with Crippen molar-refractivity contribution in [2.24, 2.45) is 0 Å². The Hall–Kier alpha value is -3.36. The fraction of sp³-hybridized carbons (Fsp3) is 0.500. The van der Waals surface area contributed by atoms with Crippen LogP contribution in [0.3, 0.4) is 0 Å². The molecule has 3 aliphatic heterocycles. The summed E-state index contributed by atoms with van der Waals surface area (Å²) in [7, 11) is 0. The first-order valence-corrected chi connectivity index (χ1v) is 16.6. The molecule has 0 unspecified atom stereocenters. The summed E-state index contributed by atoms with van der Waals surface area (Å²) in [6.45, 7) is 13.0. The molecule has 9 heteroatoms. The average Bonchev–Trinajstić information content (AvgIpc) is 3.45. The van der Waals surface area contributed by atoms with Crippen molar-refractivity contribution < 1.29 is 18.7 Å². The summed E-state index contributed by atoms with van der Waals surface area (Å²) < 4.78 is 25.5. The molecule has 0 bridgehead atoms. The first-order chi connectivity index (χ1) is 21.5. The van der Waals surface area contributed by atoms with Crippen LogP contribution in [-0.2, 0) is 16.7 Å². The highest BCUT2D eigenvalue weighted by Gasteiger charge is 2.44. The zero-order chi connectivity index (χ0) is 31.8. The number of halogens is 2. The molecule has 0 radical (unpaired) electrons. The molecule has 3 aromatic rings. The summed E-state index contributed by atoms with van der Waals surface area (Å²) >= 11 is 6.48. The predicted molar refractivity (Wildman–Crippen MR) is 177 cm³/mol. The van der Waals surface area contributed by atoms with Crippen molar-refractivity contribution in [3.63, 3.8) is 0 Å². The van der Waals surface area contributed by atoms with Gasteiger partial charge in [-0.15, -0.1) is 0 Å². The van der Waals surface area contributed by atoms with Gasteiger partial charge >= 0.3 is 6.09 Å². The number of aromatic nitrogens is 1. The first-order valence-electron chi connectivity index (χ1n) is 16.2. The average molecular weight is 635 g/mol. The summed E-state index contributed by atoms with van der Waals surface area (Å²) in [6.07, 6.45) is 3.54. The Morgan fingerprint density at radius 1 is 1.09 bits per heavy atom. The van der Waals surface area contributed by atoms with Gasteiger partial charge in [-0.2, -0.15) is 0 Å². The molecule has 4 heterocycles. The molecule has 2 fully saturated rings. The third kappa shape index (κ3) is 6.77. The third-order valence-electron chi connectivity index (χ3n) is 9.35. The fourth-order valence-corrected chi connectivity index (χ4v) is 7.64. The zero-order valence-corrected chi connectivity index (χ0v) is 27.6. The second-order valence-electron chi connectivity index (χ2n) is 13.6. The minimum Gasteiger partial charge on any atom is -0.493 e. The Morgan fingerprint density at radius 2 is 1.87 bits per heavy atom. The number of fused-ring (bicyclic) bond motifs is 2. The summed E-state index contributed by atoms with van der Waals surface area (Å²) in [5, 5.41) is 0.444. The van der Waals surface area contributed by atoms with Crippen molar-refractivity contribution in [1.82, 2.24) is 14.8 Å². The normalized spacial score (nSPS) is 19.9. The van der Waals surface area contributed by atoms with Gasteiger partial charge in [0.15, 0.2) is 0 Å². The van der Waals surface area contributed by atoms with Gasteiger partial charge < -0.3 is 19.3 Å². The lowest BCUT2D eigenvalue weighted by Crippen LogP contribution is -2.54. The molecule has 1 atom stereocenters. The largest absolute Gasteiger partial charge is 0.493 e. The number of pyridine rings is 1. The molecule has 7 nitrogen and oxygen atoms in total. The van der Waals surface area contributed by atoms with E-state index in [1.165, 1.54) is 17.7 Å². The lowest BCUT2D eigenvalue weighted by molar-refractivity contribution is 0.0176. The van der Waals surface area contributed by atoms with Gasteiger partial charge in [0.05, 0.1) is 28.7 Å². The number of para-hydroxylation sites is 1. The quantitative estimate of drug-likeness (QED) is 0.277. The van der Waals surface area contributed by atoms with Gasteiger partial charge in [-0.05, 0) is 95.3 Å². The summed E-state index contributed by atoms with van der Waals surface area (Å²) in [5.41, 5.74) is 4.52. The number of anilines is 1. The van der Waals surface area contributed by atoms with Crippen LogP contribution in [-0.4, -0.2) is 71.9 Å². The maximum atomic E-state index is 13.8. The van der Waals surface area contributed by atoms with Crippen LogP contribution in [0.15, 0.2) is 54.6 Å². The molecule has 0 N–H and O–H groups in total. The number of hydrogen-bond donors (Lipinski definition) is 0. The van der Waals surface area contributed by atoms with E-state index in [0.717, 1.165) is 86.8 Å². The van der Waals surface area contributed by atoms with E-state index in [1.54, 1.807) is 6.07 Å². The number of likely N-dealkylation sites (tertiary alicyclic amines) is 1. The molecular weight excluding hydrogens is 591 g/mol. The van der Waals surface area contributed by atoms with Crippen LogP contribution in [0, 0.1) is 5.82 Å². The van der Waals surface area contributed by atoms with Crippen molar-refractivity contribution in [2.75, 3.05) is 44.2 Å². The molecular formula is C36H44ClFN4O3. The maximum Gasteiger partial charge on any atom is 0.410 e. The van der Waals surface area contributed by atoms with Crippen LogP contribution in [0.25, 0.3) is 11.3 Å². The Morgan fingerprint density at radius 3 is 2.60 bits per heavy atom. The number of carbonyl (C=O) groups excluding carboxylic acids is 1. The molecule has 6 rings (SSSR count). The van der Waals surface area contributed by atoms with E-state index < -0.39 is 5.60 Å². The number of hydrogen-bond acceptors (Lipinski definition) is 6. The highest BCUT2D eigenvalue weighted by Crippen LogP contribution is 2.44. The van der Waals surface area contributed by atoms with Crippen LogP contribution in [0.1, 0.15) is 64.6 Å². The molecule has 1 amide bonds. The van der Waals surface area contributed by atoms with Gasteiger partial charge in [0.1, 0.15) is 17.2 Å². The number of carbonyl (C=O) groups is 1. The number of nitrogens with zero attached hydrogens (tertiary/aromatic N) is 4. The fourth-order valence-electron chi connectivity index (χ4n) is 7.35. The minimum atomic E-state index is -0.530. The first kappa shape index (κ1) is 31.6. The Labute approximate surface area is 271 Å². The van der Waals surface area contributed by atoms with Crippen molar-refractivity contribution in [3.05, 3.63) is 76.7 Å². The Balaban J connectivity index is 1.30.